The zero-order valence-electron chi connectivity index (χ0n) is 24.2. The smallest absolute Gasteiger partial charge is 0.280 e. The van der Waals surface area contributed by atoms with E-state index in [0.717, 1.165) is 33.1 Å². The van der Waals surface area contributed by atoms with Crippen LogP contribution in [0, 0.1) is 11.7 Å². The number of halogens is 2. The molecule has 1 unspecified atom stereocenters. The fraction of sp³-hybridized carbons (Fsp3) is 0.212. The van der Waals surface area contributed by atoms with Gasteiger partial charge in [-0.3, -0.25) is 14.6 Å². The molecule has 0 radical (unpaired) electrons. The zero-order valence-corrected chi connectivity index (χ0v) is 26.4. The van der Waals surface area contributed by atoms with Crippen molar-refractivity contribution in [2.75, 3.05) is 18.4 Å². The van der Waals surface area contributed by atoms with Crippen molar-refractivity contribution in [3.8, 4) is 11.3 Å². The molecule has 2 amide bonds. The summed E-state index contributed by atoms with van der Waals surface area (Å²) in [5.41, 5.74) is 17.9. The third-order valence-corrected chi connectivity index (χ3v) is 8.78. The van der Waals surface area contributed by atoms with E-state index in [0.29, 0.717) is 60.2 Å². The lowest BCUT2D eigenvalue weighted by Gasteiger charge is -2.31. The van der Waals surface area contributed by atoms with Crippen LogP contribution in [0.3, 0.4) is 0 Å². The van der Waals surface area contributed by atoms with Crippen molar-refractivity contribution in [1.29, 1.82) is 0 Å². The van der Waals surface area contributed by atoms with Gasteiger partial charge >= 0.3 is 0 Å². The molecular weight excluding hydrogens is 686 g/mol. The first-order chi connectivity index (χ1) is 21.8. The second-order valence-corrected chi connectivity index (χ2v) is 11.7. The highest BCUT2D eigenvalue weighted by Crippen LogP contribution is 2.34. The number of carbonyl (C=O) groups excluding carboxylic acids is 2. The third-order valence-electron chi connectivity index (χ3n) is 7.90. The molecule has 45 heavy (non-hydrogen) atoms. The molecule has 2 aliphatic rings. The Morgan fingerprint density at radius 3 is 2.60 bits per heavy atom. The van der Waals surface area contributed by atoms with Gasteiger partial charge < -0.3 is 21.7 Å². The fourth-order valence-corrected chi connectivity index (χ4v) is 5.98. The van der Waals surface area contributed by atoms with E-state index < -0.39 is 5.91 Å². The number of piperidine rings is 1. The maximum absolute atomic E-state index is 14.9. The lowest BCUT2D eigenvalue weighted by atomic mass is 9.93. The minimum absolute atomic E-state index is 0.0690. The second-order valence-electron chi connectivity index (χ2n) is 10.9. The zero-order chi connectivity index (χ0) is 31.5. The molecule has 0 aliphatic carbocycles. The highest BCUT2D eigenvalue weighted by atomic mass is 127. The topological polar surface area (TPSA) is 152 Å². The van der Waals surface area contributed by atoms with Crippen molar-refractivity contribution in [3.05, 3.63) is 107 Å². The molecule has 1 atom stereocenters. The number of fused-ring (bicyclic) bond motifs is 3. The highest BCUT2D eigenvalue weighted by molar-refractivity contribution is 14.1. The Morgan fingerprint density at radius 1 is 1.04 bits per heavy atom. The Balaban J connectivity index is 1.23. The number of guanidine groups is 1. The number of alkyl halides is 1. The molecule has 3 heterocycles. The van der Waals surface area contributed by atoms with Gasteiger partial charge in [-0.25, -0.2) is 14.4 Å². The molecule has 4 aromatic rings. The Bertz CT molecular complexity index is 1840. The number of likely N-dealkylation sites (tertiary alicyclic amines) is 1. The number of primary amides is 1. The molecule has 1 aromatic heterocycles. The molecule has 10 nitrogen and oxygen atoms in total. The van der Waals surface area contributed by atoms with Crippen LogP contribution in [-0.2, 0) is 15.8 Å². The van der Waals surface area contributed by atoms with Crippen LogP contribution in [-0.4, -0.2) is 51.4 Å². The summed E-state index contributed by atoms with van der Waals surface area (Å²) in [6.07, 6.45) is 3.17. The summed E-state index contributed by atoms with van der Waals surface area (Å²) in [6.45, 7) is 1.26. The van der Waals surface area contributed by atoms with Gasteiger partial charge in [-0.15, -0.1) is 0 Å². The van der Waals surface area contributed by atoms with Crippen molar-refractivity contribution in [2.24, 2.45) is 27.4 Å². The molecule has 3 aromatic carbocycles. The number of benzene rings is 3. The standard InChI is InChI=1S/C33H30FIN8O2/c34-27-6-2-1-5-25(27)29-26-14-19(15-35)7-12-24(26)28-22(16-38-29)17-39-33(41-28)40-23-10-8-20(9-11-23)31(45)42-32(37)43-13-3-4-21(18-43)30(36)44/h1-2,5-12,14,17,21H,3-4,13,15-16,18H2,(H2,36,44)(H2,37,42,45)(H,39,40,41). The van der Waals surface area contributed by atoms with Crippen molar-refractivity contribution in [3.63, 3.8) is 0 Å². The first-order valence-electron chi connectivity index (χ1n) is 14.5. The van der Waals surface area contributed by atoms with Gasteiger partial charge in [0.1, 0.15) is 5.82 Å². The molecular formula is C33H30FIN8O2. The Kier molecular flexibility index (Phi) is 8.83. The van der Waals surface area contributed by atoms with Crippen molar-refractivity contribution < 1.29 is 14.0 Å². The van der Waals surface area contributed by atoms with E-state index in [9.17, 15) is 14.0 Å². The van der Waals surface area contributed by atoms with Gasteiger partial charge in [-0.05, 0) is 60.9 Å². The average molecular weight is 717 g/mol. The summed E-state index contributed by atoms with van der Waals surface area (Å²) in [5.74, 6) is -1.08. The number of hydrogen-bond acceptors (Lipinski definition) is 6. The number of amides is 2. The average Bonchev–Trinajstić information content (AvgIpc) is 3.21. The van der Waals surface area contributed by atoms with Crippen molar-refractivity contribution in [2.45, 2.75) is 23.8 Å². The molecule has 228 valence electrons. The molecule has 2 aliphatic heterocycles. The molecule has 6 rings (SSSR count). The van der Waals surface area contributed by atoms with Gasteiger partial charge in [0, 0.05) is 57.2 Å². The van der Waals surface area contributed by atoms with E-state index in [1.54, 1.807) is 53.6 Å². The number of nitrogens with two attached hydrogens (primary N) is 2. The first-order valence-corrected chi connectivity index (χ1v) is 16.0. The van der Waals surface area contributed by atoms with Crippen LogP contribution >= 0.6 is 22.6 Å². The summed E-state index contributed by atoms with van der Waals surface area (Å²) < 4.78 is 15.7. The van der Waals surface area contributed by atoms with Crippen molar-refractivity contribution >= 4 is 57.7 Å². The number of carbonyl (C=O) groups is 2. The lowest BCUT2D eigenvalue weighted by molar-refractivity contribution is -0.122. The number of nitrogens with zero attached hydrogens (tertiary/aromatic N) is 5. The summed E-state index contributed by atoms with van der Waals surface area (Å²) in [7, 11) is 0. The minimum Gasteiger partial charge on any atom is -0.369 e. The third kappa shape index (κ3) is 6.55. The summed E-state index contributed by atoms with van der Waals surface area (Å²) in [6, 6.07) is 19.5. The normalized spacial score (nSPS) is 16.2. The van der Waals surface area contributed by atoms with Gasteiger partial charge in [-0.2, -0.15) is 4.99 Å². The Morgan fingerprint density at radius 2 is 1.84 bits per heavy atom. The first kappa shape index (κ1) is 30.3. The van der Waals surface area contributed by atoms with E-state index in [1.165, 1.54) is 6.07 Å². The number of aliphatic imine (C=N–C) groups is 2. The minimum atomic E-state index is -0.491. The predicted molar refractivity (Wildman–Crippen MR) is 180 cm³/mol. The van der Waals surface area contributed by atoms with Crippen molar-refractivity contribution in [1.82, 2.24) is 14.9 Å². The van der Waals surface area contributed by atoms with Crippen LogP contribution in [0.2, 0.25) is 0 Å². The van der Waals surface area contributed by atoms with E-state index in [4.69, 9.17) is 21.4 Å². The highest BCUT2D eigenvalue weighted by Gasteiger charge is 2.26. The maximum Gasteiger partial charge on any atom is 0.280 e. The Hall–Kier alpha value is -4.72. The van der Waals surface area contributed by atoms with Crippen LogP contribution in [0.4, 0.5) is 16.0 Å². The van der Waals surface area contributed by atoms with E-state index >= 15 is 0 Å². The van der Waals surface area contributed by atoms with E-state index in [1.807, 2.05) is 18.2 Å². The number of rotatable bonds is 6. The van der Waals surface area contributed by atoms with Crippen LogP contribution in [0.5, 0.6) is 0 Å². The monoisotopic (exact) mass is 716 g/mol. The predicted octanol–water partition coefficient (Wildman–Crippen LogP) is 4.96. The second kappa shape index (κ2) is 13.1. The fourth-order valence-electron chi connectivity index (χ4n) is 5.51. The van der Waals surface area contributed by atoms with E-state index in [-0.39, 0.29) is 23.6 Å². The lowest BCUT2D eigenvalue weighted by Crippen LogP contribution is -2.47. The van der Waals surface area contributed by atoms with Crippen LogP contribution < -0.4 is 16.8 Å². The molecule has 0 saturated carbocycles. The molecule has 12 heteroatoms. The quantitative estimate of drug-likeness (QED) is 0.110. The van der Waals surface area contributed by atoms with Gasteiger partial charge in [-0.1, -0.05) is 46.9 Å². The SMILES string of the molecule is NC(=O)C1CCCN(C(N)=NC(=O)c2ccc(Nc3ncc4c(n3)-c3ccc(CI)cc3C(c3ccccc3F)=NC4)cc2)C1. The van der Waals surface area contributed by atoms with Gasteiger partial charge in [0.15, 0.2) is 5.96 Å². The van der Waals surface area contributed by atoms with Gasteiger partial charge in [0.05, 0.1) is 23.9 Å². The molecule has 0 spiro atoms. The van der Waals surface area contributed by atoms with Crippen LogP contribution in [0.1, 0.15) is 45.5 Å². The Labute approximate surface area is 273 Å². The summed E-state index contributed by atoms with van der Waals surface area (Å²) in [5, 5.41) is 3.21. The summed E-state index contributed by atoms with van der Waals surface area (Å²) >= 11 is 2.31. The van der Waals surface area contributed by atoms with Gasteiger partial charge in [0.25, 0.3) is 5.91 Å². The molecule has 5 N–H and O–H groups in total. The van der Waals surface area contributed by atoms with Crippen LogP contribution in [0.15, 0.2) is 82.9 Å². The van der Waals surface area contributed by atoms with Gasteiger partial charge in [0.2, 0.25) is 11.9 Å². The molecule has 0 bridgehead atoms. The molecule has 1 saturated heterocycles. The number of anilines is 2. The summed E-state index contributed by atoms with van der Waals surface area (Å²) in [4.78, 5) is 44.3. The number of hydrogen-bond donors (Lipinski definition) is 3. The number of nitrogens with one attached hydrogen (secondary N) is 1. The van der Waals surface area contributed by atoms with E-state index in [2.05, 4.69) is 37.9 Å². The number of aromatic nitrogens is 2. The largest absolute Gasteiger partial charge is 0.369 e. The molecule has 1 fully saturated rings. The van der Waals surface area contributed by atoms with Crippen LogP contribution in [0.25, 0.3) is 11.3 Å². The maximum atomic E-state index is 14.9.